The van der Waals surface area contributed by atoms with Crippen molar-refractivity contribution in [3.8, 4) is 0 Å². The van der Waals surface area contributed by atoms with E-state index in [2.05, 4.69) is 25.4 Å². The third-order valence-corrected chi connectivity index (χ3v) is 6.43. The zero-order valence-electron chi connectivity index (χ0n) is 18.0. The quantitative estimate of drug-likeness (QED) is 0.460. The number of fused-ring (bicyclic) bond motifs is 2. The molecule has 1 saturated carbocycles. The summed E-state index contributed by atoms with van der Waals surface area (Å²) in [6.45, 7) is 3.84. The highest BCUT2D eigenvalue weighted by atomic mass is 16.1. The number of benzene rings is 1. The molecule has 3 N–H and O–H groups in total. The molecular formula is C23H26N6O2. The van der Waals surface area contributed by atoms with Crippen molar-refractivity contribution in [1.29, 1.82) is 0 Å². The maximum atomic E-state index is 12.6. The van der Waals surface area contributed by atoms with Crippen LogP contribution >= 0.6 is 0 Å². The predicted octanol–water partition coefficient (Wildman–Crippen LogP) is 3.59. The Morgan fingerprint density at radius 3 is 2.81 bits per heavy atom. The van der Waals surface area contributed by atoms with Crippen LogP contribution in [0.1, 0.15) is 54.2 Å². The van der Waals surface area contributed by atoms with Gasteiger partial charge < -0.3 is 15.3 Å². The van der Waals surface area contributed by atoms with Gasteiger partial charge in [-0.05, 0) is 56.9 Å². The molecule has 0 radical (unpaired) electrons. The first kappa shape index (κ1) is 19.5. The first-order chi connectivity index (χ1) is 14.9. The molecule has 0 saturated heterocycles. The van der Waals surface area contributed by atoms with E-state index >= 15 is 0 Å². The fourth-order valence-corrected chi connectivity index (χ4v) is 4.50. The van der Waals surface area contributed by atoms with Gasteiger partial charge in [-0.15, -0.1) is 0 Å². The highest BCUT2D eigenvalue weighted by molar-refractivity contribution is 5.93. The third kappa shape index (κ3) is 3.41. The number of nitrogens with one attached hydrogen (secondary N) is 3. The molecule has 1 fully saturated rings. The van der Waals surface area contributed by atoms with Crippen LogP contribution in [0.2, 0.25) is 0 Å². The van der Waals surface area contributed by atoms with Crippen molar-refractivity contribution in [3.05, 3.63) is 51.2 Å². The number of nitrogens with zero attached hydrogens (tertiary/aromatic N) is 3. The summed E-state index contributed by atoms with van der Waals surface area (Å²) >= 11 is 0. The van der Waals surface area contributed by atoms with E-state index in [0.717, 1.165) is 39.2 Å². The lowest BCUT2D eigenvalue weighted by Gasteiger charge is -2.22. The first-order valence-corrected chi connectivity index (χ1v) is 10.8. The van der Waals surface area contributed by atoms with Gasteiger partial charge in [-0.2, -0.15) is 5.10 Å². The Labute approximate surface area is 179 Å². The summed E-state index contributed by atoms with van der Waals surface area (Å²) in [5, 5.41) is 8.29. The number of H-pyrrole nitrogens is 2. The topological polar surface area (TPSA) is 108 Å². The number of aromatic nitrogens is 5. The number of hydrogen-bond acceptors (Lipinski definition) is 4. The summed E-state index contributed by atoms with van der Waals surface area (Å²) in [6.07, 6.45) is 4.23. The van der Waals surface area contributed by atoms with Gasteiger partial charge in [0.2, 0.25) is 5.91 Å². The van der Waals surface area contributed by atoms with Crippen LogP contribution in [0.5, 0.6) is 0 Å². The second-order valence-corrected chi connectivity index (χ2v) is 8.52. The molecule has 0 spiro atoms. The molecule has 1 aromatic carbocycles. The van der Waals surface area contributed by atoms with E-state index in [9.17, 15) is 9.59 Å². The highest BCUT2D eigenvalue weighted by Crippen LogP contribution is 2.35. The Bertz CT molecular complexity index is 1370. The van der Waals surface area contributed by atoms with Gasteiger partial charge in [-0.25, -0.2) is 4.98 Å². The van der Waals surface area contributed by atoms with E-state index in [4.69, 9.17) is 0 Å². The summed E-state index contributed by atoms with van der Waals surface area (Å²) in [5.74, 6) is 1.45. The van der Waals surface area contributed by atoms with E-state index in [1.54, 1.807) is 4.68 Å². The van der Waals surface area contributed by atoms with E-state index in [1.807, 2.05) is 39.1 Å². The number of carbonyl (C=O) groups excluding carboxylic acids is 1. The summed E-state index contributed by atoms with van der Waals surface area (Å²) in [5.41, 5.74) is 5.52. The second-order valence-electron chi connectivity index (χ2n) is 8.52. The summed E-state index contributed by atoms with van der Waals surface area (Å²) < 4.78 is 1.68. The summed E-state index contributed by atoms with van der Waals surface area (Å²) in [4.78, 5) is 36.1. The van der Waals surface area contributed by atoms with Crippen molar-refractivity contribution in [2.45, 2.75) is 51.9 Å². The lowest BCUT2D eigenvalue weighted by molar-refractivity contribution is -0.116. The standard InChI is InChI=1S/C23H26N6O2/c1-12-16(23(31)27-22-20(12)13(2)28-29(22)3)8-10-19(30)24-15-7-9-17-18(11-15)26-21(25-17)14-5-4-6-14/h7,9,11,14H,4-6,8,10H2,1-3H3,(H,24,30)(H,25,26)(H,27,31). The van der Waals surface area contributed by atoms with Gasteiger partial charge in [0, 0.05) is 36.0 Å². The molecule has 1 aliphatic rings. The second kappa shape index (κ2) is 7.37. The van der Waals surface area contributed by atoms with Gasteiger partial charge in [0.1, 0.15) is 11.5 Å². The van der Waals surface area contributed by atoms with Crippen LogP contribution in [-0.4, -0.2) is 30.6 Å². The van der Waals surface area contributed by atoms with Crippen LogP contribution in [0, 0.1) is 13.8 Å². The van der Waals surface area contributed by atoms with Gasteiger partial charge >= 0.3 is 0 Å². The average molecular weight is 419 g/mol. The minimum Gasteiger partial charge on any atom is -0.342 e. The molecule has 0 bridgehead atoms. The first-order valence-electron chi connectivity index (χ1n) is 10.8. The number of anilines is 1. The Balaban J connectivity index is 1.31. The zero-order valence-corrected chi connectivity index (χ0v) is 18.0. The minimum absolute atomic E-state index is 0.125. The van der Waals surface area contributed by atoms with Crippen LogP contribution < -0.4 is 10.9 Å². The molecule has 8 heteroatoms. The fourth-order valence-electron chi connectivity index (χ4n) is 4.50. The molecular weight excluding hydrogens is 392 g/mol. The van der Waals surface area contributed by atoms with Gasteiger partial charge in [0.05, 0.1) is 16.7 Å². The molecule has 1 amide bonds. The Hall–Kier alpha value is -3.42. The molecule has 1 aliphatic carbocycles. The molecule has 160 valence electrons. The van der Waals surface area contributed by atoms with Gasteiger partial charge in [0.15, 0.2) is 0 Å². The number of pyridine rings is 1. The zero-order chi connectivity index (χ0) is 21.7. The molecule has 31 heavy (non-hydrogen) atoms. The largest absolute Gasteiger partial charge is 0.342 e. The maximum Gasteiger partial charge on any atom is 0.253 e. The Morgan fingerprint density at radius 1 is 1.26 bits per heavy atom. The monoisotopic (exact) mass is 418 g/mol. The van der Waals surface area contributed by atoms with Gasteiger partial charge in [-0.3, -0.25) is 14.3 Å². The predicted molar refractivity (Wildman–Crippen MR) is 120 cm³/mol. The summed E-state index contributed by atoms with van der Waals surface area (Å²) in [7, 11) is 1.81. The van der Waals surface area contributed by atoms with E-state index in [1.165, 1.54) is 19.3 Å². The molecule has 8 nitrogen and oxygen atoms in total. The van der Waals surface area contributed by atoms with Crippen molar-refractivity contribution < 1.29 is 4.79 Å². The fraction of sp³-hybridized carbons (Fsp3) is 0.391. The van der Waals surface area contributed by atoms with Crippen LogP contribution in [0.15, 0.2) is 23.0 Å². The molecule has 5 rings (SSSR count). The highest BCUT2D eigenvalue weighted by Gasteiger charge is 2.22. The molecule has 0 unspecified atom stereocenters. The molecule has 3 aromatic heterocycles. The third-order valence-electron chi connectivity index (χ3n) is 6.43. The number of amides is 1. The van der Waals surface area contributed by atoms with Crippen LogP contribution in [0.25, 0.3) is 22.1 Å². The van der Waals surface area contributed by atoms with Crippen molar-refractivity contribution in [2.24, 2.45) is 7.05 Å². The SMILES string of the molecule is Cc1nn(C)c2[nH]c(=O)c(CCC(=O)Nc3ccc4nc(C5CCC5)[nH]c4c3)c(C)c12. The van der Waals surface area contributed by atoms with Gasteiger partial charge in [-0.1, -0.05) is 6.42 Å². The number of rotatable bonds is 5. The van der Waals surface area contributed by atoms with Crippen LogP contribution in [0.4, 0.5) is 5.69 Å². The Kier molecular flexibility index (Phi) is 4.64. The van der Waals surface area contributed by atoms with Gasteiger partial charge in [0.25, 0.3) is 5.56 Å². The number of imidazole rings is 1. The molecule has 0 atom stereocenters. The maximum absolute atomic E-state index is 12.6. The van der Waals surface area contributed by atoms with Crippen molar-refractivity contribution in [2.75, 3.05) is 5.32 Å². The van der Waals surface area contributed by atoms with E-state index in [-0.39, 0.29) is 17.9 Å². The number of aryl methyl sites for hydroxylation is 3. The minimum atomic E-state index is -0.164. The number of aromatic amines is 2. The molecule has 4 aromatic rings. The lowest BCUT2D eigenvalue weighted by atomic mass is 9.85. The van der Waals surface area contributed by atoms with Crippen LogP contribution in [-0.2, 0) is 18.3 Å². The van der Waals surface area contributed by atoms with E-state index in [0.29, 0.717) is 23.5 Å². The average Bonchev–Trinajstić information content (AvgIpc) is 3.20. The van der Waals surface area contributed by atoms with E-state index < -0.39 is 0 Å². The van der Waals surface area contributed by atoms with Crippen LogP contribution in [0.3, 0.4) is 0 Å². The molecule has 3 heterocycles. The normalized spacial score (nSPS) is 14.3. The lowest BCUT2D eigenvalue weighted by Crippen LogP contribution is -2.19. The van der Waals surface area contributed by atoms with Crippen molar-refractivity contribution in [1.82, 2.24) is 24.7 Å². The smallest absolute Gasteiger partial charge is 0.253 e. The molecule has 0 aliphatic heterocycles. The number of hydrogen-bond donors (Lipinski definition) is 3. The number of carbonyl (C=O) groups is 1. The summed E-state index contributed by atoms with van der Waals surface area (Å²) in [6, 6.07) is 5.72. The van der Waals surface area contributed by atoms with Crippen molar-refractivity contribution in [3.63, 3.8) is 0 Å². The van der Waals surface area contributed by atoms with Crippen molar-refractivity contribution >= 4 is 33.7 Å². The Morgan fingerprint density at radius 2 is 2.06 bits per heavy atom.